The van der Waals surface area contributed by atoms with Crippen molar-refractivity contribution in [3.8, 4) is 0 Å². The van der Waals surface area contributed by atoms with Crippen LogP contribution < -0.4 is 0 Å². The topological polar surface area (TPSA) is 73.4 Å². The maximum atomic E-state index is 13.5. The van der Waals surface area contributed by atoms with Crippen molar-refractivity contribution in [1.29, 1.82) is 0 Å². The zero-order chi connectivity index (χ0) is 26.5. The highest BCUT2D eigenvalue weighted by molar-refractivity contribution is 7.89. The summed E-state index contributed by atoms with van der Waals surface area (Å²) in [6.07, 6.45) is -0.464. The van der Waals surface area contributed by atoms with Gasteiger partial charge in [0.15, 0.2) is 0 Å². The molecule has 4 rings (SSSR count). The molecule has 1 amide bonds. The maximum absolute atomic E-state index is 13.5. The fourth-order valence-electron chi connectivity index (χ4n) is 5.39. The van der Waals surface area contributed by atoms with Gasteiger partial charge in [-0.25, -0.2) is 8.42 Å². The molecule has 1 atom stereocenters. The van der Waals surface area contributed by atoms with Crippen LogP contribution in [0.15, 0.2) is 29.2 Å². The van der Waals surface area contributed by atoms with E-state index >= 15 is 0 Å². The number of carbonyl (C=O) groups excluding carboxylic acids is 1. The van der Waals surface area contributed by atoms with Crippen LogP contribution in [0.1, 0.15) is 37.7 Å². The lowest BCUT2D eigenvalue weighted by Gasteiger charge is -2.36. The first-order valence-corrected chi connectivity index (χ1v) is 14.6. The molecule has 8 nitrogen and oxygen atoms in total. The van der Waals surface area contributed by atoms with Gasteiger partial charge in [-0.05, 0) is 50.9 Å². The van der Waals surface area contributed by atoms with Crippen LogP contribution in [0.3, 0.4) is 0 Å². The Hall–Kier alpha value is -1.73. The second kappa shape index (κ2) is 12.4. The molecular formula is C25H37F3N4O4S. The summed E-state index contributed by atoms with van der Waals surface area (Å²) >= 11 is 0. The van der Waals surface area contributed by atoms with Gasteiger partial charge in [0.05, 0.1) is 17.1 Å². The fourth-order valence-corrected chi connectivity index (χ4v) is 7.29. The highest BCUT2D eigenvalue weighted by Crippen LogP contribution is 2.36. The normalized spacial score (nSPS) is 23.0. The highest BCUT2D eigenvalue weighted by Gasteiger charge is 2.41. The van der Waals surface area contributed by atoms with Crippen LogP contribution in [-0.2, 0) is 25.7 Å². The van der Waals surface area contributed by atoms with Crippen molar-refractivity contribution in [3.63, 3.8) is 0 Å². The Bertz CT molecular complexity index is 1010. The zero-order valence-corrected chi connectivity index (χ0v) is 22.0. The third-order valence-corrected chi connectivity index (χ3v) is 9.55. The first-order valence-electron chi connectivity index (χ1n) is 13.1. The number of halogens is 3. The highest BCUT2D eigenvalue weighted by atomic mass is 32.2. The van der Waals surface area contributed by atoms with Gasteiger partial charge >= 0.3 is 6.18 Å². The summed E-state index contributed by atoms with van der Waals surface area (Å²) in [6.45, 7) is 7.20. The number of carbonyl (C=O) groups is 1. The third kappa shape index (κ3) is 7.23. The largest absolute Gasteiger partial charge is 0.417 e. The second-order valence-corrected chi connectivity index (χ2v) is 11.9. The molecule has 3 heterocycles. The van der Waals surface area contributed by atoms with Gasteiger partial charge in [0.25, 0.3) is 0 Å². The molecule has 3 fully saturated rings. The van der Waals surface area contributed by atoms with Crippen LogP contribution in [0.2, 0.25) is 0 Å². The van der Waals surface area contributed by atoms with E-state index in [4.69, 9.17) is 4.74 Å². The second-order valence-electron chi connectivity index (χ2n) is 10.0. The Morgan fingerprint density at radius 2 is 1.51 bits per heavy atom. The van der Waals surface area contributed by atoms with Crippen molar-refractivity contribution >= 4 is 15.9 Å². The van der Waals surface area contributed by atoms with Crippen LogP contribution in [0, 0.1) is 0 Å². The van der Waals surface area contributed by atoms with E-state index in [1.54, 1.807) is 4.90 Å². The standard InChI is InChI=1S/C25H37F3N4O4S/c26-25(27,28)22-8-1-2-9-23(22)37(34,35)32-12-4-3-7-21(32)19-36-20-24(33)31-17-15-30(16-18-31)14-13-29-10-5-6-11-29/h1-2,8-9,21H,3-7,10-20H2. The van der Waals surface area contributed by atoms with Gasteiger partial charge in [0.2, 0.25) is 15.9 Å². The van der Waals surface area contributed by atoms with Gasteiger partial charge in [-0.2, -0.15) is 17.5 Å². The lowest BCUT2D eigenvalue weighted by atomic mass is 10.1. The minimum atomic E-state index is -4.78. The van der Waals surface area contributed by atoms with Crippen LogP contribution in [0.25, 0.3) is 0 Å². The number of alkyl halides is 3. The number of sulfonamides is 1. The Morgan fingerprint density at radius 1 is 0.892 bits per heavy atom. The van der Waals surface area contributed by atoms with Crippen molar-refractivity contribution in [3.05, 3.63) is 29.8 Å². The molecule has 0 radical (unpaired) electrons. The average molecular weight is 547 g/mol. The lowest BCUT2D eigenvalue weighted by molar-refractivity contribution is -0.140. The minimum absolute atomic E-state index is 0.0328. The molecule has 1 aromatic carbocycles. The van der Waals surface area contributed by atoms with Crippen molar-refractivity contribution < 1.29 is 31.1 Å². The van der Waals surface area contributed by atoms with Crippen LogP contribution >= 0.6 is 0 Å². The number of piperidine rings is 1. The van der Waals surface area contributed by atoms with Gasteiger partial charge in [0, 0.05) is 51.9 Å². The van der Waals surface area contributed by atoms with Gasteiger partial charge in [-0.15, -0.1) is 0 Å². The maximum Gasteiger partial charge on any atom is 0.417 e. The first kappa shape index (κ1) is 28.3. The third-order valence-electron chi connectivity index (χ3n) is 7.54. The predicted octanol–water partition coefficient (Wildman–Crippen LogP) is 2.51. The molecule has 0 aliphatic carbocycles. The first-order chi connectivity index (χ1) is 17.7. The molecule has 0 spiro atoms. The smallest absolute Gasteiger partial charge is 0.370 e. The van der Waals surface area contributed by atoms with Gasteiger partial charge < -0.3 is 14.5 Å². The molecule has 3 aliphatic rings. The van der Waals surface area contributed by atoms with Crippen molar-refractivity contribution in [2.45, 2.75) is 49.2 Å². The summed E-state index contributed by atoms with van der Waals surface area (Å²) in [5.74, 6) is -0.146. The Morgan fingerprint density at radius 3 is 2.19 bits per heavy atom. The van der Waals surface area contributed by atoms with Gasteiger partial charge in [-0.3, -0.25) is 9.69 Å². The van der Waals surface area contributed by atoms with E-state index in [1.807, 2.05) is 0 Å². The minimum Gasteiger partial charge on any atom is -0.370 e. The number of benzene rings is 1. The number of likely N-dealkylation sites (tertiary alicyclic amines) is 1. The number of hydrogen-bond acceptors (Lipinski definition) is 6. The summed E-state index contributed by atoms with van der Waals surface area (Å²) in [7, 11) is -4.39. The van der Waals surface area contributed by atoms with Crippen LogP contribution in [-0.4, -0.2) is 111 Å². The summed E-state index contributed by atoms with van der Waals surface area (Å²) < 4.78 is 73.8. The number of nitrogens with zero attached hydrogens (tertiary/aromatic N) is 4. The molecule has 3 saturated heterocycles. The Labute approximate surface area is 217 Å². The zero-order valence-electron chi connectivity index (χ0n) is 21.2. The molecule has 208 valence electrons. The molecule has 1 aromatic rings. The van der Waals surface area contributed by atoms with Crippen molar-refractivity contribution in [2.75, 3.05) is 72.1 Å². The van der Waals surface area contributed by atoms with E-state index in [2.05, 4.69) is 9.80 Å². The molecule has 37 heavy (non-hydrogen) atoms. The monoisotopic (exact) mass is 546 g/mol. The molecule has 3 aliphatic heterocycles. The molecule has 0 bridgehead atoms. The fraction of sp³-hybridized carbons (Fsp3) is 0.720. The van der Waals surface area contributed by atoms with E-state index < -0.39 is 32.7 Å². The van der Waals surface area contributed by atoms with E-state index in [0.717, 1.165) is 49.0 Å². The number of ether oxygens (including phenoxy) is 1. The number of rotatable bonds is 9. The number of hydrogen-bond donors (Lipinski definition) is 0. The van der Waals surface area contributed by atoms with Crippen LogP contribution in [0.4, 0.5) is 13.2 Å². The van der Waals surface area contributed by atoms with E-state index in [-0.39, 0.29) is 25.7 Å². The number of amides is 1. The summed E-state index contributed by atoms with van der Waals surface area (Å²) in [5, 5.41) is 0. The molecule has 12 heteroatoms. The lowest BCUT2D eigenvalue weighted by Crippen LogP contribution is -2.51. The van der Waals surface area contributed by atoms with Crippen molar-refractivity contribution in [1.82, 2.24) is 19.0 Å². The Balaban J connectivity index is 1.27. The van der Waals surface area contributed by atoms with E-state index in [1.165, 1.54) is 38.1 Å². The summed E-state index contributed by atoms with van der Waals surface area (Å²) in [5.41, 5.74) is -1.17. The van der Waals surface area contributed by atoms with Crippen molar-refractivity contribution in [2.24, 2.45) is 0 Å². The van der Waals surface area contributed by atoms with E-state index in [0.29, 0.717) is 25.9 Å². The quantitative estimate of drug-likeness (QED) is 0.474. The van der Waals surface area contributed by atoms with E-state index in [9.17, 15) is 26.4 Å². The molecule has 0 aromatic heterocycles. The van der Waals surface area contributed by atoms with Crippen LogP contribution in [0.5, 0.6) is 0 Å². The molecule has 0 N–H and O–H groups in total. The molecule has 0 saturated carbocycles. The summed E-state index contributed by atoms with van der Waals surface area (Å²) in [4.78, 5) is 18.5. The Kier molecular flexibility index (Phi) is 9.49. The molecular weight excluding hydrogens is 509 g/mol. The van der Waals surface area contributed by atoms with Gasteiger partial charge in [-0.1, -0.05) is 18.6 Å². The number of piperazine rings is 1. The average Bonchev–Trinajstić information content (AvgIpc) is 3.41. The SMILES string of the molecule is O=C(COCC1CCCCN1S(=O)(=O)c1ccccc1C(F)(F)F)N1CCN(CCN2CCCC2)CC1. The summed E-state index contributed by atoms with van der Waals surface area (Å²) in [6, 6.07) is 3.64. The molecule has 1 unspecified atom stereocenters. The predicted molar refractivity (Wildman–Crippen MR) is 132 cm³/mol. The van der Waals surface area contributed by atoms with Gasteiger partial charge in [0.1, 0.15) is 6.61 Å².